The second-order valence-corrected chi connectivity index (χ2v) is 6.99. The van der Waals surface area contributed by atoms with Crippen molar-refractivity contribution in [2.24, 2.45) is 11.7 Å². The van der Waals surface area contributed by atoms with Gasteiger partial charge in [-0.3, -0.25) is 9.59 Å². The molecule has 0 bridgehead atoms. The lowest BCUT2D eigenvalue weighted by atomic mass is 10.1. The van der Waals surface area contributed by atoms with E-state index in [1.54, 1.807) is 20.8 Å². The lowest BCUT2D eigenvalue weighted by Crippen LogP contribution is -2.47. The Morgan fingerprint density at radius 3 is 2.42 bits per heavy atom. The van der Waals surface area contributed by atoms with Gasteiger partial charge in [0, 0.05) is 0 Å². The molecule has 0 spiro atoms. The van der Waals surface area contributed by atoms with E-state index in [4.69, 9.17) is 10.5 Å². The number of carbonyl (C=O) groups is 3. The highest BCUT2D eigenvalue weighted by Gasteiger charge is 2.21. The van der Waals surface area contributed by atoms with Crippen molar-refractivity contribution in [3.8, 4) is 0 Å². The van der Waals surface area contributed by atoms with Crippen LogP contribution in [-0.2, 0) is 14.3 Å². The maximum Gasteiger partial charge on any atom is 0.350 e. The molecule has 0 aliphatic heterocycles. The van der Waals surface area contributed by atoms with Crippen LogP contribution in [0.4, 0.5) is 0 Å². The summed E-state index contributed by atoms with van der Waals surface area (Å²) >= 11 is 1.18. The van der Waals surface area contributed by atoms with E-state index >= 15 is 0 Å². The molecule has 10 heteroatoms. The van der Waals surface area contributed by atoms with Crippen LogP contribution in [0.25, 0.3) is 0 Å². The Balaban J connectivity index is 0.00000625. The Labute approximate surface area is 163 Å². The first kappa shape index (κ1) is 24.3. The van der Waals surface area contributed by atoms with Gasteiger partial charge in [-0.2, -0.15) is 0 Å². The van der Waals surface area contributed by atoms with Gasteiger partial charge < -0.3 is 21.1 Å². The molecule has 0 aliphatic carbocycles. The third-order valence-corrected chi connectivity index (χ3v) is 4.79. The van der Waals surface area contributed by atoms with Crippen molar-refractivity contribution in [1.29, 1.82) is 0 Å². The van der Waals surface area contributed by atoms with Crippen molar-refractivity contribution < 1.29 is 19.1 Å². The van der Waals surface area contributed by atoms with Crippen LogP contribution < -0.4 is 16.4 Å². The SMILES string of the molecule is CCOC(=O)c1sc(C(C)NC(=O)CNC(=O)[C@@H](N)C(C)C)nc1C.Cl. The normalized spacial score (nSPS) is 12.7. The summed E-state index contributed by atoms with van der Waals surface area (Å²) in [6.07, 6.45) is 0. The van der Waals surface area contributed by atoms with Crippen LogP contribution in [0, 0.1) is 12.8 Å². The number of rotatable bonds is 8. The van der Waals surface area contributed by atoms with Crippen LogP contribution in [0.5, 0.6) is 0 Å². The molecule has 4 N–H and O–H groups in total. The highest BCUT2D eigenvalue weighted by Crippen LogP contribution is 2.24. The number of ether oxygens (including phenoxy) is 1. The molecule has 8 nitrogen and oxygen atoms in total. The summed E-state index contributed by atoms with van der Waals surface area (Å²) in [7, 11) is 0. The number of aromatic nitrogens is 1. The molecule has 0 saturated heterocycles. The minimum absolute atomic E-state index is 0. The van der Waals surface area contributed by atoms with Gasteiger partial charge in [0.05, 0.1) is 30.9 Å². The zero-order valence-corrected chi connectivity index (χ0v) is 17.3. The van der Waals surface area contributed by atoms with Crippen LogP contribution >= 0.6 is 23.7 Å². The van der Waals surface area contributed by atoms with Gasteiger partial charge in [0.2, 0.25) is 11.8 Å². The standard InChI is InChI=1S/C16H26N4O4S.ClH/c1-6-24-16(23)13-9(4)20-15(25-13)10(5)19-11(21)7-18-14(22)12(17)8(2)3;/h8,10,12H,6-7,17H2,1-5H3,(H,18,22)(H,19,21);1H/t10?,12-;/m0./s1. The minimum Gasteiger partial charge on any atom is -0.462 e. The molecule has 1 heterocycles. The molecule has 1 unspecified atom stereocenters. The van der Waals surface area contributed by atoms with Crippen molar-refractivity contribution in [1.82, 2.24) is 15.6 Å². The first-order chi connectivity index (χ1) is 11.7. The second-order valence-electron chi connectivity index (χ2n) is 5.96. The number of nitrogens with zero attached hydrogens (tertiary/aromatic N) is 1. The number of nitrogens with two attached hydrogens (primary N) is 1. The quantitative estimate of drug-likeness (QED) is 0.559. The maximum atomic E-state index is 12.0. The molecule has 2 atom stereocenters. The van der Waals surface area contributed by atoms with E-state index in [2.05, 4.69) is 15.6 Å². The molecular weight excluding hydrogens is 380 g/mol. The number of thiazole rings is 1. The summed E-state index contributed by atoms with van der Waals surface area (Å²) in [5, 5.41) is 5.83. The molecular formula is C16H27ClN4O4S. The lowest BCUT2D eigenvalue weighted by Gasteiger charge is -2.16. The minimum atomic E-state index is -0.654. The average Bonchev–Trinajstić information content (AvgIpc) is 2.94. The first-order valence-corrected chi connectivity index (χ1v) is 8.96. The number of halogens is 1. The third-order valence-electron chi connectivity index (χ3n) is 3.47. The van der Waals surface area contributed by atoms with Gasteiger partial charge in [-0.15, -0.1) is 23.7 Å². The number of nitrogens with one attached hydrogen (secondary N) is 2. The first-order valence-electron chi connectivity index (χ1n) is 8.14. The van der Waals surface area contributed by atoms with Crippen molar-refractivity contribution in [2.45, 2.75) is 46.7 Å². The number of hydrogen-bond donors (Lipinski definition) is 3. The van der Waals surface area contributed by atoms with Gasteiger partial charge in [0.25, 0.3) is 0 Å². The summed E-state index contributed by atoms with van der Waals surface area (Å²) < 4.78 is 4.97. The van der Waals surface area contributed by atoms with Gasteiger partial charge in [0.1, 0.15) is 9.88 Å². The summed E-state index contributed by atoms with van der Waals surface area (Å²) in [5.74, 6) is -1.16. The van der Waals surface area contributed by atoms with E-state index in [1.807, 2.05) is 13.8 Å². The van der Waals surface area contributed by atoms with Crippen molar-refractivity contribution >= 4 is 41.5 Å². The summed E-state index contributed by atoms with van der Waals surface area (Å²) in [5.41, 5.74) is 6.28. The van der Waals surface area contributed by atoms with Gasteiger partial charge in [0.15, 0.2) is 0 Å². The molecule has 1 rings (SSSR count). The fourth-order valence-corrected chi connectivity index (χ4v) is 2.89. The highest BCUT2D eigenvalue weighted by atomic mass is 35.5. The Bertz CT molecular complexity index is 636. The summed E-state index contributed by atoms with van der Waals surface area (Å²) in [4.78, 5) is 40.3. The van der Waals surface area contributed by atoms with Crippen molar-refractivity contribution in [3.05, 3.63) is 15.6 Å². The number of carbonyl (C=O) groups excluding carboxylic acids is 3. The van der Waals surface area contributed by atoms with E-state index in [1.165, 1.54) is 11.3 Å². The molecule has 1 aromatic rings. The Kier molecular flexibility index (Phi) is 10.4. The van der Waals surface area contributed by atoms with E-state index in [0.29, 0.717) is 15.6 Å². The van der Waals surface area contributed by atoms with Crippen LogP contribution in [0.2, 0.25) is 0 Å². The Morgan fingerprint density at radius 2 is 1.88 bits per heavy atom. The third kappa shape index (κ3) is 6.89. The molecule has 0 aliphatic rings. The molecule has 0 saturated carbocycles. The van der Waals surface area contributed by atoms with Crippen LogP contribution in [-0.4, -0.2) is 42.0 Å². The van der Waals surface area contributed by atoms with Gasteiger partial charge in [-0.25, -0.2) is 9.78 Å². The lowest BCUT2D eigenvalue weighted by molar-refractivity contribution is -0.127. The van der Waals surface area contributed by atoms with E-state index in [-0.39, 0.29) is 43.3 Å². The van der Waals surface area contributed by atoms with Crippen molar-refractivity contribution in [3.63, 3.8) is 0 Å². The van der Waals surface area contributed by atoms with Crippen molar-refractivity contribution in [2.75, 3.05) is 13.2 Å². The largest absolute Gasteiger partial charge is 0.462 e. The van der Waals surface area contributed by atoms with E-state index in [0.717, 1.165) is 0 Å². The predicted molar refractivity (Wildman–Crippen MR) is 102 cm³/mol. The highest BCUT2D eigenvalue weighted by molar-refractivity contribution is 7.13. The molecule has 0 fully saturated rings. The van der Waals surface area contributed by atoms with Gasteiger partial charge >= 0.3 is 5.97 Å². The van der Waals surface area contributed by atoms with Crippen LogP contribution in [0.1, 0.15) is 54.1 Å². The predicted octanol–water partition coefficient (Wildman–Crippen LogP) is 1.33. The summed E-state index contributed by atoms with van der Waals surface area (Å²) in [6.45, 7) is 8.99. The number of hydrogen-bond acceptors (Lipinski definition) is 7. The monoisotopic (exact) mass is 406 g/mol. The molecule has 0 radical (unpaired) electrons. The second kappa shape index (κ2) is 11.1. The number of amides is 2. The number of esters is 1. The topological polar surface area (TPSA) is 123 Å². The molecule has 148 valence electrons. The molecule has 0 aromatic carbocycles. The Morgan fingerprint density at radius 1 is 1.27 bits per heavy atom. The smallest absolute Gasteiger partial charge is 0.350 e. The fourth-order valence-electron chi connectivity index (χ4n) is 1.93. The zero-order chi connectivity index (χ0) is 19.1. The van der Waals surface area contributed by atoms with E-state index < -0.39 is 18.1 Å². The summed E-state index contributed by atoms with van der Waals surface area (Å²) in [6, 6.07) is -1.05. The van der Waals surface area contributed by atoms with Crippen LogP contribution in [0.15, 0.2) is 0 Å². The zero-order valence-electron chi connectivity index (χ0n) is 15.6. The van der Waals surface area contributed by atoms with Crippen LogP contribution in [0.3, 0.4) is 0 Å². The number of aryl methyl sites for hydroxylation is 1. The Hall–Kier alpha value is -1.71. The fraction of sp³-hybridized carbons (Fsp3) is 0.625. The molecule has 2 amide bonds. The molecule has 26 heavy (non-hydrogen) atoms. The maximum absolute atomic E-state index is 12.0. The van der Waals surface area contributed by atoms with E-state index in [9.17, 15) is 14.4 Å². The van der Waals surface area contributed by atoms with Gasteiger partial charge in [-0.05, 0) is 26.7 Å². The van der Waals surface area contributed by atoms with Gasteiger partial charge in [-0.1, -0.05) is 13.8 Å². The molecule has 1 aromatic heterocycles. The average molecular weight is 407 g/mol.